The summed E-state index contributed by atoms with van der Waals surface area (Å²) in [6.45, 7) is 0.0869. The first kappa shape index (κ1) is 25.2. The van der Waals surface area contributed by atoms with Crippen molar-refractivity contribution in [3.05, 3.63) is 117 Å². The van der Waals surface area contributed by atoms with Crippen LogP contribution in [0, 0.1) is 5.82 Å². The largest absolute Gasteiger partial charge is 0.493 e. The summed E-state index contributed by atoms with van der Waals surface area (Å²) in [5, 5.41) is 3.53. The molecule has 0 bridgehead atoms. The molecule has 0 saturated heterocycles. The number of nitrogens with zero attached hydrogens (tertiary/aromatic N) is 1. The lowest BCUT2D eigenvalue weighted by Gasteiger charge is -2.11. The molecule has 8 heteroatoms. The lowest BCUT2D eigenvalue weighted by atomic mass is 10.2. The van der Waals surface area contributed by atoms with E-state index in [1.54, 1.807) is 72.9 Å². The van der Waals surface area contributed by atoms with E-state index >= 15 is 0 Å². The Morgan fingerprint density at radius 3 is 2.47 bits per heavy atom. The first-order valence-corrected chi connectivity index (χ1v) is 11.6. The molecule has 0 aliphatic heterocycles. The first-order chi connectivity index (χ1) is 17.4. The fourth-order valence-electron chi connectivity index (χ4n) is 3.31. The molecule has 0 aliphatic carbocycles. The molecule has 0 atom stereocenters. The second-order valence-corrected chi connectivity index (χ2v) is 8.52. The molecule has 0 fully saturated rings. The van der Waals surface area contributed by atoms with Gasteiger partial charge in [0.15, 0.2) is 11.5 Å². The number of halogens is 3. The Morgan fingerprint density at radius 1 is 0.972 bits per heavy atom. The topological polar surface area (TPSA) is 59.9 Å². The van der Waals surface area contributed by atoms with Gasteiger partial charge in [-0.15, -0.1) is 0 Å². The molecule has 0 unspecified atom stereocenters. The summed E-state index contributed by atoms with van der Waals surface area (Å²) >= 11 is 12.0. The minimum Gasteiger partial charge on any atom is -0.493 e. The molecule has 0 radical (unpaired) electrons. The fraction of sp³-hybridized carbons (Fsp3) is 0.0714. The van der Waals surface area contributed by atoms with Gasteiger partial charge in [-0.05, 0) is 72.3 Å². The van der Waals surface area contributed by atoms with Gasteiger partial charge in [0.05, 0.1) is 23.4 Å². The molecular formula is C28H21Cl2FN2O3. The van der Waals surface area contributed by atoms with E-state index in [1.807, 2.05) is 6.07 Å². The average molecular weight is 523 g/mol. The highest BCUT2D eigenvalue weighted by atomic mass is 35.5. The first-order valence-electron chi connectivity index (χ1n) is 10.9. The highest BCUT2D eigenvalue weighted by molar-refractivity contribution is 6.37. The van der Waals surface area contributed by atoms with Crippen molar-refractivity contribution in [2.45, 2.75) is 6.61 Å². The third kappa shape index (κ3) is 6.42. The van der Waals surface area contributed by atoms with E-state index in [-0.39, 0.29) is 23.4 Å². The van der Waals surface area contributed by atoms with Crippen LogP contribution in [0.2, 0.25) is 10.0 Å². The van der Waals surface area contributed by atoms with Gasteiger partial charge in [0.2, 0.25) is 0 Å². The number of hydrogen-bond donors (Lipinski definition) is 1. The molecule has 0 aromatic heterocycles. The van der Waals surface area contributed by atoms with Crippen molar-refractivity contribution in [2.24, 2.45) is 4.99 Å². The lowest BCUT2D eigenvalue weighted by molar-refractivity contribution is 0.102. The Hall–Kier alpha value is -3.87. The van der Waals surface area contributed by atoms with E-state index in [4.69, 9.17) is 32.7 Å². The lowest BCUT2D eigenvalue weighted by Crippen LogP contribution is -2.12. The predicted molar refractivity (Wildman–Crippen MR) is 142 cm³/mol. The van der Waals surface area contributed by atoms with Gasteiger partial charge in [0, 0.05) is 22.5 Å². The van der Waals surface area contributed by atoms with Gasteiger partial charge >= 0.3 is 0 Å². The maximum Gasteiger partial charge on any atom is 0.257 e. The van der Waals surface area contributed by atoms with Crippen molar-refractivity contribution in [3.63, 3.8) is 0 Å². The van der Waals surface area contributed by atoms with E-state index in [1.165, 1.54) is 19.2 Å². The van der Waals surface area contributed by atoms with Gasteiger partial charge in [0.25, 0.3) is 5.91 Å². The van der Waals surface area contributed by atoms with E-state index in [0.29, 0.717) is 39.0 Å². The number of methoxy groups -OCH3 is 1. The maximum absolute atomic E-state index is 13.8. The quantitative estimate of drug-likeness (QED) is 0.241. The number of rotatable bonds is 8. The van der Waals surface area contributed by atoms with Crippen LogP contribution in [0.5, 0.6) is 11.5 Å². The van der Waals surface area contributed by atoms with E-state index in [2.05, 4.69) is 10.3 Å². The summed E-state index contributed by atoms with van der Waals surface area (Å²) in [4.78, 5) is 16.9. The molecule has 5 nitrogen and oxygen atoms in total. The Kier molecular flexibility index (Phi) is 8.21. The third-order valence-electron chi connectivity index (χ3n) is 5.19. The van der Waals surface area contributed by atoms with Crippen molar-refractivity contribution >= 4 is 46.7 Å². The minimum absolute atomic E-state index is 0.0869. The summed E-state index contributed by atoms with van der Waals surface area (Å²) in [5.74, 6) is 0.352. The molecule has 0 aliphatic rings. The summed E-state index contributed by atoms with van der Waals surface area (Å²) in [6, 6.07) is 23.6. The van der Waals surface area contributed by atoms with Gasteiger partial charge < -0.3 is 14.8 Å². The van der Waals surface area contributed by atoms with Crippen molar-refractivity contribution < 1.29 is 18.7 Å². The van der Waals surface area contributed by atoms with Crippen LogP contribution in [0.1, 0.15) is 21.5 Å². The van der Waals surface area contributed by atoms with E-state index in [0.717, 1.165) is 5.56 Å². The molecular weight excluding hydrogens is 502 g/mol. The number of ether oxygens (including phenoxy) is 2. The van der Waals surface area contributed by atoms with Crippen LogP contribution in [0.15, 0.2) is 89.9 Å². The van der Waals surface area contributed by atoms with Crippen LogP contribution in [-0.4, -0.2) is 19.2 Å². The number of amides is 1. The van der Waals surface area contributed by atoms with Crippen molar-refractivity contribution in [2.75, 3.05) is 12.4 Å². The summed E-state index contributed by atoms with van der Waals surface area (Å²) in [5.41, 5.74) is 2.87. The van der Waals surface area contributed by atoms with Crippen LogP contribution in [-0.2, 0) is 6.61 Å². The number of carbonyl (C=O) groups excluding carboxylic acids is 1. The second kappa shape index (κ2) is 11.7. The van der Waals surface area contributed by atoms with Crippen LogP contribution >= 0.6 is 23.2 Å². The van der Waals surface area contributed by atoms with Gasteiger partial charge in [0.1, 0.15) is 12.4 Å². The van der Waals surface area contributed by atoms with Gasteiger partial charge in [-0.2, -0.15) is 0 Å². The maximum atomic E-state index is 13.8. The van der Waals surface area contributed by atoms with Crippen LogP contribution in [0.3, 0.4) is 0 Å². The Morgan fingerprint density at radius 2 is 1.75 bits per heavy atom. The molecule has 1 N–H and O–H groups in total. The standard InChI is InChI=1S/C28H21Cl2FN2O3/c1-35-27-14-18(6-13-26(27)36-17-19-4-2-3-5-25(19)31)16-32-21-8-10-22(11-9-21)33-28(34)23-12-7-20(29)15-24(23)30/h2-16H,17H2,1H3,(H,33,34). The molecule has 4 aromatic rings. The Balaban J connectivity index is 1.39. The van der Waals surface area contributed by atoms with E-state index in [9.17, 15) is 9.18 Å². The van der Waals surface area contributed by atoms with Crippen molar-refractivity contribution in [1.29, 1.82) is 0 Å². The number of benzene rings is 4. The number of aliphatic imine (C=N–C) groups is 1. The second-order valence-electron chi connectivity index (χ2n) is 7.67. The predicted octanol–water partition coefficient (Wildman–Crippen LogP) is 7.72. The van der Waals surface area contributed by atoms with Gasteiger partial charge in [-0.25, -0.2) is 4.39 Å². The van der Waals surface area contributed by atoms with Crippen LogP contribution in [0.4, 0.5) is 15.8 Å². The zero-order valence-electron chi connectivity index (χ0n) is 19.2. The summed E-state index contributed by atoms with van der Waals surface area (Å²) in [7, 11) is 1.54. The molecule has 0 heterocycles. The number of anilines is 1. The Labute approximate surface area is 218 Å². The number of carbonyl (C=O) groups is 1. The normalized spacial score (nSPS) is 10.9. The van der Waals surface area contributed by atoms with Gasteiger partial charge in [-0.3, -0.25) is 9.79 Å². The minimum atomic E-state index is -0.336. The molecule has 0 saturated carbocycles. The summed E-state index contributed by atoms with van der Waals surface area (Å²) < 4.78 is 25.0. The third-order valence-corrected chi connectivity index (χ3v) is 5.74. The molecule has 36 heavy (non-hydrogen) atoms. The molecule has 182 valence electrons. The van der Waals surface area contributed by atoms with Crippen molar-refractivity contribution in [1.82, 2.24) is 0 Å². The molecule has 1 amide bonds. The zero-order valence-corrected chi connectivity index (χ0v) is 20.7. The highest BCUT2D eigenvalue weighted by Gasteiger charge is 2.11. The highest BCUT2D eigenvalue weighted by Crippen LogP contribution is 2.29. The molecule has 4 rings (SSSR count). The monoisotopic (exact) mass is 522 g/mol. The van der Waals surface area contributed by atoms with Crippen LogP contribution < -0.4 is 14.8 Å². The summed E-state index contributed by atoms with van der Waals surface area (Å²) in [6.07, 6.45) is 1.68. The molecule has 4 aromatic carbocycles. The smallest absolute Gasteiger partial charge is 0.257 e. The zero-order chi connectivity index (χ0) is 25.5. The average Bonchev–Trinajstić information content (AvgIpc) is 2.88. The number of hydrogen-bond acceptors (Lipinski definition) is 4. The fourth-order valence-corrected chi connectivity index (χ4v) is 3.80. The van der Waals surface area contributed by atoms with Crippen molar-refractivity contribution in [3.8, 4) is 11.5 Å². The van der Waals surface area contributed by atoms with Gasteiger partial charge in [-0.1, -0.05) is 41.4 Å². The number of nitrogens with one attached hydrogen (secondary N) is 1. The SMILES string of the molecule is COc1cc(C=Nc2ccc(NC(=O)c3ccc(Cl)cc3Cl)cc2)ccc1OCc1ccccc1F. The Bertz CT molecular complexity index is 1410. The molecule has 0 spiro atoms. The van der Waals surface area contributed by atoms with E-state index < -0.39 is 0 Å². The van der Waals surface area contributed by atoms with Crippen LogP contribution in [0.25, 0.3) is 0 Å².